The number of nitrogens with zero attached hydrogens (tertiary/aromatic N) is 3. The average molecular weight is 522 g/mol. The van der Waals surface area contributed by atoms with Crippen molar-refractivity contribution in [3.63, 3.8) is 0 Å². The zero-order valence-electron chi connectivity index (χ0n) is 20.6. The van der Waals surface area contributed by atoms with Gasteiger partial charge in [-0.2, -0.15) is 4.98 Å². The van der Waals surface area contributed by atoms with Crippen LogP contribution in [0.4, 0.5) is 4.39 Å². The van der Waals surface area contributed by atoms with Crippen molar-refractivity contribution in [3.05, 3.63) is 101 Å². The van der Waals surface area contributed by atoms with Crippen LogP contribution in [-0.2, 0) is 16.3 Å². The van der Waals surface area contributed by atoms with Gasteiger partial charge in [-0.1, -0.05) is 62.7 Å². The van der Waals surface area contributed by atoms with Crippen LogP contribution >= 0.6 is 0 Å². The summed E-state index contributed by atoms with van der Waals surface area (Å²) in [5.74, 6) is -0.800. The van der Waals surface area contributed by atoms with E-state index in [1.165, 1.54) is 41.1 Å². The van der Waals surface area contributed by atoms with Crippen LogP contribution < -0.4 is 5.56 Å². The highest BCUT2D eigenvalue weighted by Gasteiger charge is 2.31. The molecule has 0 bridgehead atoms. The highest BCUT2D eigenvalue weighted by atomic mass is 32.2. The van der Waals surface area contributed by atoms with Crippen molar-refractivity contribution >= 4 is 9.84 Å². The molecule has 1 unspecified atom stereocenters. The molecule has 0 fully saturated rings. The third kappa shape index (κ3) is 5.32. The largest absolute Gasteiger partial charge is 0.493 e. The fraction of sp³-hybridized carbons (Fsp3) is 0.250. The lowest BCUT2D eigenvalue weighted by molar-refractivity contribution is 0.358. The molecule has 0 aliphatic carbocycles. The van der Waals surface area contributed by atoms with Crippen molar-refractivity contribution in [2.45, 2.75) is 55.4 Å². The van der Waals surface area contributed by atoms with Crippen LogP contribution in [0.15, 0.2) is 87.6 Å². The number of aromatic nitrogens is 3. The van der Waals surface area contributed by atoms with Gasteiger partial charge < -0.3 is 5.11 Å². The van der Waals surface area contributed by atoms with Gasteiger partial charge in [-0.25, -0.2) is 12.8 Å². The number of sulfone groups is 1. The van der Waals surface area contributed by atoms with E-state index in [1.807, 2.05) is 44.2 Å². The maximum atomic E-state index is 13.6. The summed E-state index contributed by atoms with van der Waals surface area (Å²) in [5, 5.41) is 11.4. The van der Waals surface area contributed by atoms with Gasteiger partial charge in [-0.3, -0.25) is 14.3 Å². The average Bonchev–Trinajstić information content (AvgIpc) is 2.89. The van der Waals surface area contributed by atoms with Crippen LogP contribution in [0.1, 0.15) is 50.5 Å². The van der Waals surface area contributed by atoms with E-state index in [2.05, 4.69) is 9.97 Å². The van der Waals surface area contributed by atoms with E-state index in [0.29, 0.717) is 29.8 Å². The number of aromatic hydroxyl groups is 1. The molecular formula is C28H28FN3O4S. The van der Waals surface area contributed by atoms with Gasteiger partial charge in [0.15, 0.2) is 4.90 Å². The van der Waals surface area contributed by atoms with E-state index >= 15 is 0 Å². The number of halogens is 1. The Kier molecular flexibility index (Phi) is 7.83. The van der Waals surface area contributed by atoms with E-state index in [9.17, 15) is 22.7 Å². The summed E-state index contributed by atoms with van der Waals surface area (Å²) in [5.41, 5.74) is 0.890. The van der Waals surface area contributed by atoms with Crippen LogP contribution in [0.2, 0.25) is 0 Å². The van der Waals surface area contributed by atoms with Crippen molar-refractivity contribution in [1.29, 1.82) is 0 Å². The molecule has 1 atom stereocenters. The molecule has 37 heavy (non-hydrogen) atoms. The Morgan fingerprint density at radius 1 is 1.00 bits per heavy atom. The Hall–Kier alpha value is -3.85. The van der Waals surface area contributed by atoms with Crippen LogP contribution in [0.5, 0.6) is 5.88 Å². The first kappa shape index (κ1) is 26.2. The Labute approximate surface area is 215 Å². The molecule has 2 aromatic carbocycles. The molecule has 0 amide bonds. The molecule has 9 heteroatoms. The van der Waals surface area contributed by atoms with E-state index in [-0.39, 0.29) is 4.90 Å². The molecule has 192 valence electrons. The van der Waals surface area contributed by atoms with Gasteiger partial charge in [0.05, 0.1) is 17.1 Å². The molecule has 4 rings (SSSR count). The molecule has 2 heterocycles. The third-order valence-electron chi connectivity index (χ3n) is 6.24. The standard InChI is InChI=1S/C28H28FN3O4S/c1-3-5-11-25-31-27(33)26(28(34)32(25)24(4-2)20-9-7-6-8-10-20)37(35,36)23-14-12-19(13-15-23)21-16-22(29)18-30-17-21/h6-10,12-18,24,34H,3-5,11H2,1-2H3. The Morgan fingerprint density at radius 3 is 2.32 bits per heavy atom. The Bertz CT molecular complexity index is 1550. The van der Waals surface area contributed by atoms with Crippen LogP contribution in [0, 0.1) is 5.82 Å². The van der Waals surface area contributed by atoms with Gasteiger partial charge in [0.2, 0.25) is 15.7 Å². The quantitative estimate of drug-likeness (QED) is 0.320. The summed E-state index contributed by atoms with van der Waals surface area (Å²) in [6.45, 7) is 3.92. The van der Waals surface area contributed by atoms with Gasteiger partial charge >= 0.3 is 0 Å². The highest BCUT2D eigenvalue weighted by Crippen LogP contribution is 2.33. The maximum Gasteiger partial charge on any atom is 0.296 e. The van der Waals surface area contributed by atoms with Gasteiger partial charge in [0.25, 0.3) is 5.56 Å². The Balaban J connectivity index is 1.85. The lowest BCUT2D eigenvalue weighted by Crippen LogP contribution is -2.27. The normalized spacial score (nSPS) is 12.4. The molecule has 4 aromatic rings. The smallest absolute Gasteiger partial charge is 0.296 e. The van der Waals surface area contributed by atoms with Crippen molar-refractivity contribution in [3.8, 4) is 17.0 Å². The van der Waals surface area contributed by atoms with Crippen LogP contribution in [0.3, 0.4) is 0 Å². The predicted molar refractivity (Wildman–Crippen MR) is 139 cm³/mol. The molecular weight excluding hydrogens is 493 g/mol. The van der Waals surface area contributed by atoms with Gasteiger partial charge in [-0.05, 0) is 42.2 Å². The number of benzene rings is 2. The summed E-state index contributed by atoms with van der Waals surface area (Å²) in [7, 11) is -4.43. The van der Waals surface area contributed by atoms with Crippen molar-refractivity contribution in [2.75, 3.05) is 0 Å². The molecule has 0 aliphatic heterocycles. The fourth-order valence-electron chi connectivity index (χ4n) is 4.38. The minimum atomic E-state index is -4.43. The van der Waals surface area contributed by atoms with Crippen LogP contribution in [-0.4, -0.2) is 28.1 Å². The van der Waals surface area contributed by atoms with Crippen LogP contribution in [0.25, 0.3) is 11.1 Å². The monoisotopic (exact) mass is 521 g/mol. The number of hydrogen-bond acceptors (Lipinski definition) is 6. The number of pyridine rings is 1. The first-order valence-corrected chi connectivity index (χ1v) is 13.6. The number of hydrogen-bond donors (Lipinski definition) is 1. The predicted octanol–water partition coefficient (Wildman–Crippen LogP) is 5.32. The molecule has 1 N–H and O–H groups in total. The third-order valence-corrected chi connectivity index (χ3v) is 8.03. The second-order valence-corrected chi connectivity index (χ2v) is 10.6. The van der Waals surface area contributed by atoms with Crippen molar-refractivity contribution in [2.24, 2.45) is 0 Å². The first-order valence-electron chi connectivity index (χ1n) is 12.1. The zero-order chi connectivity index (χ0) is 26.6. The number of unbranched alkanes of at least 4 members (excludes halogenated alkanes) is 1. The topological polar surface area (TPSA) is 102 Å². The zero-order valence-corrected chi connectivity index (χ0v) is 21.5. The van der Waals surface area contributed by atoms with E-state index in [0.717, 1.165) is 24.6 Å². The van der Waals surface area contributed by atoms with Crippen molar-refractivity contribution < 1.29 is 17.9 Å². The highest BCUT2D eigenvalue weighted by molar-refractivity contribution is 7.91. The Morgan fingerprint density at radius 2 is 1.70 bits per heavy atom. The summed E-state index contributed by atoms with van der Waals surface area (Å²) >= 11 is 0. The summed E-state index contributed by atoms with van der Waals surface area (Å²) in [6.07, 6.45) is 5.05. The van der Waals surface area contributed by atoms with Gasteiger partial charge in [0, 0.05) is 18.2 Å². The number of rotatable bonds is 9. The van der Waals surface area contributed by atoms with E-state index in [1.54, 1.807) is 0 Å². The van der Waals surface area contributed by atoms with E-state index in [4.69, 9.17) is 0 Å². The molecule has 2 aromatic heterocycles. The second kappa shape index (κ2) is 11.0. The molecule has 7 nitrogen and oxygen atoms in total. The van der Waals surface area contributed by atoms with Crippen molar-refractivity contribution in [1.82, 2.24) is 14.5 Å². The molecule has 0 aliphatic rings. The second-order valence-electron chi connectivity index (χ2n) is 8.71. The summed E-state index contributed by atoms with van der Waals surface area (Å²) in [6, 6.07) is 15.9. The lowest BCUT2D eigenvalue weighted by atomic mass is 10.0. The SMILES string of the molecule is CCCCc1nc(=O)c(S(=O)(=O)c2ccc(-c3cncc(F)c3)cc2)c(O)n1C(CC)c1ccccc1. The van der Waals surface area contributed by atoms with Gasteiger partial charge in [-0.15, -0.1) is 0 Å². The molecule has 0 saturated heterocycles. The first-order chi connectivity index (χ1) is 17.8. The molecule has 0 saturated carbocycles. The minimum absolute atomic E-state index is 0.185. The molecule has 0 spiro atoms. The van der Waals surface area contributed by atoms with Gasteiger partial charge in [0.1, 0.15) is 11.6 Å². The summed E-state index contributed by atoms with van der Waals surface area (Å²) < 4.78 is 42.3. The molecule has 0 radical (unpaired) electrons. The minimum Gasteiger partial charge on any atom is -0.493 e. The van der Waals surface area contributed by atoms with E-state index < -0.39 is 38.0 Å². The fourth-order valence-corrected chi connectivity index (χ4v) is 5.72. The lowest BCUT2D eigenvalue weighted by Gasteiger charge is -2.25. The number of aryl methyl sites for hydroxylation is 1. The maximum absolute atomic E-state index is 13.6. The summed E-state index contributed by atoms with van der Waals surface area (Å²) in [4.78, 5) is 20.1.